The summed E-state index contributed by atoms with van der Waals surface area (Å²) in [7, 11) is 1.40. The predicted octanol–water partition coefficient (Wildman–Crippen LogP) is 5.23. The maximum atomic E-state index is 13.9. The SMILES string of the molecule is COc1cc(C=C(C#N)C(=O)Nc2ccc(C)c(C)c2)ccc1Oc1nc(Cl)ncc1F. The van der Waals surface area contributed by atoms with Crippen LogP contribution in [0.4, 0.5) is 10.1 Å². The summed E-state index contributed by atoms with van der Waals surface area (Å²) in [5, 5.41) is 12.0. The number of rotatable bonds is 6. The first-order chi connectivity index (χ1) is 15.3. The molecule has 1 heterocycles. The molecule has 0 aliphatic rings. The van der Waals surface area contributed by atoms with Gasteiger partial charge >= 0.3 is 0 Å². The van der Waals surface area contributed by atoms with Crippen molar-refractivity contribution >= 4 is 29.3 Å². The zero-order valence-electron chi connectivity index (χ0n) is 17.4. The first-order valence-corrected chi connectivity index (χ1v) is 9.73. The van der Waals surface area contributed by atoms with Crippen LogP contribution in [-0.2, 0) is 4.79 Å². The van der Waals surface area contributed by atoms with Crippen LogP contribution in [-0.4, -0.2) is 23.0 Å². The summed E-state index contributed by atoms with van der Waals surface area (Å²) in [6, 6.07) is 12.0. The summed E-state index contributed by atoms with van der Waals surface area (Å²) in [5.74, 6) is -1.31. The number of aromatic nitrogens is 2. The minimum Gasteiger partial charge on any atom is -0.493 e. The Bertz CT molecular complexity index is 1250. The number of nitrogens with one attached hydrogen (secondary N) is 1. The lowest BCUT2D eigenvalue weighted by atomic mass is 10.1. The molecule has 162 valence electrons. The van der Waals surface area contributed by atoms with Gasteiger partial charge in [-0.1, -0.05) is 12.1 Å². The first kappa shape index (κ1) is 22.7. The van der Waals surface area contributed by atoms with Crippen LogP contribution in [0.25, 0.3) is 6.08 Å². The van der Waals surface area contributed by atoms with Gasteiger partial charge in [0, 0.05) is 5.69 Å². The maximum absolute atomic E-state index is 13.9. The van der Waals surface area contributed by atoms with Gasteiger partial charge in [-0.2, -0.15) is 14.6 Å². The van der Waals surface area contributed by atoms with Gasteiger partial charge in [-0.25, -0.2) is 4.98 Å². The number of carbonyl (C=O) groups is 1. The van der Waals surface area contributed by atoms with E-state index >= 15 is 0 Å². The molecule has 0 bridgehead atoms. The summed E-state index contributed by atoms with van der Waals surface area (Å²) in [4.78, 5) is 19.8. The van der Waals surface area contributed by atoms with Gasteiger partial charge in [0.25, 0.3) is 11.8 Å². The van der Waals surface area contributed by atoms with Crippen LogP contribution in [0.3, 0.4) is 0 Å². The zero-order chi connectivity index (χ0) is 23.3. The van der Waals surface area contributed by atoms with Gasteiger partial charge in [-0.05, 0) is 72.5 Å². The van der Waals surface area contributed by atoms with E-state index in [1.807, 2.05) is 32.0 Å². The van der Waals surface area contributed by atoms with Gasteiger partial charge in [-0.3, -0.25) is 4.79 Å². The van der Waals surface area contributed by atoms with Crippen LogP contribution in [0.5, 0.6) is 17.4 Å². The highest BCUT2D eigenvalue weighted by atomic mass is 35.5. The topological polar surface area (TPSA) is 97.1 Å². The fraction of sp³-hybridized carbons (Fsp3) is 0.130. The number of aryl methyl sites for hydroxylation is 2. The van der Waals surface area contributed by atoms with Crippen LogP contribution in [0.2, 0.25) is 5.28 Å². The van der Waals surface area contributed by atoms with Crippen molar-refractivity contribution in [2.45, 2.75) is 13.8 Å². The molecular formula is C23H18ClFN4O3. The van der Waals surface area contributed by atoms with Gasteiger partial charge in [0.15, 0.2) is 11.5 Å². The maximum Gasteiger partial charge on any atom is 0.266 e. The van der Waals surface area contributed by atoms with E-state index in [1.165, 1.54) is 25.3 Å². The van der Waals surface area contributed by atoms with E-state index in [-0.39, 0.29) is 28.2 Å². The average molecular weight is 453 g/mol. The van der Waals surface area contributed by atoms with E-state index in [2.05, 4.69) is 15.3 Å². The molecule has 3 rings (SSSR count). The highest BCUT2D eigenvalue weighted by Crippen LogP contribution is 2.33. The van der Waals surface area contributed by atoms with E-state index in [0.717, 1.165) is 17.3 Å². The molecule has 0 spiro atoms. The zero-order valence-corrected chi connectivity index (χ0v) is 18.2. The van der Waals surface area contributed by atoms with Gasteiger partial charge < -0.3 is 14.8 Å². The molecule has 0 radical (unpaired) electrons. The lowest BCUT2D eigenvalue weighted by Gasteiger charge is -2.11. The number of hydrogen-bond acceptors (Lipinski definition) is 6. The molecule has 0 fully saturated rings. The number of ether oxygens (including phenoxy) is 2. The molecule has 0 saturated carbocycles. The number of anilines is 1. The van der Waals surface area contributed by atoms with Crippen molar-refractivity contribution < 1.29 is 18.7 Å². The molecule has 0 unspecified atom stereocenters. The van der Waals surface area contributed by atoms with Gasteiger partial charge in [-0.15, -0.1) is 0 Å². The number of nitrogens with zero attached hydrogens (tertiary/aromatic N) is 3. The van der Waals surface area contributed by atoms with E-state index in [9.17, 15) is 14.4 Å². The Balaban J connectivity index is 1.84. The fourth-order valence-corrected chi connectivity index (χ4v) is 2.82. The molecule has 0 aliphatic heterocycles. The van der Waals surface area contributed by atoms with E-state index in [1.54, 1.807) is 12.1 Å². The Morgan fingerprint density at radius 3 is 2.66 bits per heavy atom. The summed E-state index contributed by atoms with van der Waals surface area (Å²) in [6.07, 6.45) is 2.30. The normalized spacial score (nSPS) is 10.9. The van der Waals surface area contributed by atoms with E-state index in [4.69, 9.17) is 21.1 Å². The van der Waals surface area contributed by atoms with Crippen LogP contribution >= 0.6 is 11.6 Å². The average Bonchev–Trinajstić information content (AvgIpc) is 2.77. The number of nitriles is 1. The minimum absolute atomic E-state index is 0.104. The molecule has 9 heteroatoms. The second-order valence-electron chi connectivity index (χ2n) is 6.73. The monoisotopic (exact) mass is 452 g/mol. The number of methoxy groups -OCH3 is 1. The van der Waals surface area contributed by atoms with Crippen molar-refractivity contribution in [2.24, 2.45) is 0 Å². The number of hydrogen-bond donors (Lipinski definition) is 1. The molecule has 1 N–H and O–H groups in total. The van der Waals surface area contributed by atoms with Crippen molar-refractivity contribution in [3.63, 3.8) is 0 Å². The molecule has 0 aliphatic carbocycles. The number of amides is 1. The Morgan fingerprint density at radius 2 is 1.97 bits per heavy atom. The van der Waals surface area contributed by atoms with Crippen molar-refractivity contribution in [1.29, 1.82) is 5.26 Å². The third-order valence-corrected chi connectivity index (χ3v) is 4.70. The molecule has 3 aromatic rings. The number of benzene rings is 2. The van der Waals surface area contributed by atoms with Gasteiger partial charge in [0.05, 0.1) is 13.3 Å². The molecule has 2 aromatic carbocycles. The van der Waals surface area contributed by atoms with Crippen LogP contribution < -0.4 is 14.8 Å². The third kappa shape index (κ3) is 5.39. The molecule has 0 saturated heterocycles. The Hall–Kier alpha value is -3.96. The Labute approximate surface area is 189 Å². The Morgan fingerprint density at radius 1 is 1.19 bits per heavy atom. The first-order valence-electron chi connectivity index (χ1n) is 9.35. The van der Waals surface area contributed by atoms with Crippen molar-refractivity contribution in [3.8, 4) is 23.4 Å². The molecule has 0 atom stereocenters. The molecule has 1 amide bonds. The smallest absolute Gasteiger partial charge is 0.266 e. The van der Waals surface area contributed by atoms with E-state index in [0.29, 0.717) is 11.3 Å². The molecule has 32 heavy (non-hydrogen) atoms. The van der Waals surface area contributed by atoms with Crippen LogP contribution in [0.1, 0.15) is 16.7 Å². The lowest BCUT2D eigenvalue weighted by Crippen LogP contribution is -2.13. The molecule has 7 nitrogen and oxygen atoms in total. The number of halogens is 2. The second-order valence-corrected chi connectivity index (χ2v) is 7.07. The second kappa shape index (κ2) is 9.90. The summed E-state index contributed by atoms with van der Waals surface area (Å²) in [6.45, 7) is 3.90. The quantitative estimate of drug-likeness (QED) is 0.312. The van der Waals surface area contributed by atoms with E-state index < -0.39 is 11.7 Å². The van der Waals surface area contributed by atoms with Crippen molar-refractivity contribution in [2.75, 3.05) is 12.4 Å². The van der Waals surface area contributed by atoms with Crippen LogP contribution in [0, 0.1) is 31.0 Å². The highest BCUT2D eigenvalue weighted by molar-refractivity contribution is 6.28. The van der Waals surface area contributed by atoms with Crippen LogP contribution in [0.15, 0.2) is 48.2 Å². The molecular weight excluding hydrogens is 435 g/mol. The minimum atomic E-state index is -0.796. The highest BCUT2D eigenvalue weighted by Gasteiger charge is 2.14. The standard InChI is InChI=1S/C23H18ClFN4O3/c1-13-4-6-17(8-14(13)2)28-21(30)16(11-26)9-15-5-7-19(20(10-15)31-3)32-22-18(25)12-27-23(24)29-22/h4-10,12H,1-3H3,(H,28,30). The number of carbonyl (C=O) groups excluding carboxylic acids is 1. The van der Waals surface area contributed by atoms with Gasteiger partial charge in [0.1, 0.15) is 11.6 Å². The summed E-state index contributed by atoms with van der Waals surface area (Å²) >= 11 is 5.68. The summed E-state index contributed by atoms with van der Waals surface area (Å²) < 4.78 is 24.6. The third-order valence-electron chi connectivity index (χ3n) is 4.52. The summed E-state index contributed by atoms with van der Waals surface area (Å²) in [5.41, 5.74) is 3.10. The van der Waals surface area contributed by atoms with Crippen molar-refractivity contribution in [3.05, 3.63) is 76.0 Å². The largest absolute Gasteiger partial charge is 0.493 e. The lowest BCUT2D eigenvalue weighted by molar-refractivity contribution is -0.112. The van der Waals surface area contributed by atoms with Crippen molar-refractivity contribution in [1.82, 2.24) is 9.97 Å². The fourth-order valence-electron chi connectivity index (χ4n) is 2.70. The molecule has 1 aromatic heterocycles. The Kier molecular flexibility index (Phi) is 7.03. The predicted molar refractivity (Wildman–Crippen MR) is 118 cm³/mol. The van der Waals surface area contributed by atoms with Gasteiger partial charge in [0.2, 0.25) is 11.1 Å².